The molecule has 7 nitrogen and oxygen atoms in total. The molecular weight excluding hydrogens is 457 g/mol. The topological polar surface area (TPSA) is 81.1 Å². The Balaban J connectivity index is 1.70. The van der Waals surface area contributed by atoms with Crippen molar-refractivity contribution >= 4 is 40.7 Å². The van der Waals surface area contributed by atoms with E-state index in [2.05, 4.69) is 4.98 Å². The van der Waals surface area contributed by atoms with Crippen molar-refractivity contribution in [2.45, 2.75) is 25.8 Å². The predicted octanol–water partition coefficient (Wildman–Crippen LogP) is 3.89. The number of rotatable bonds is 4. The summed E-state index contributed by atoms with van der Waals surface area (Å²) in [6.45, 7) is 2.66. The smallest absolute Gasteiger partial charge is 0.338 e. The van der Waals surface area contributed by atoms with Gasteiger partial charge in [0.05, 0.1) is 25.2 Å². The Kier molecular flexibility index (Phi) is 5.25. The molecule has 3 aliphatic heterocycles. The molecule has 2 fully saturated rings. The molecule has 0 N–H and O–H groups in total. The molecule has 10 heteroatoms. The number of nitrogens with zero attached hydrogens (tertiary/aromatic N) is 3. The first-order valence-corrected chi connectivity index (χ1v) is 11.4. The number of cyclic esters (lactones) is 1. The summed E-state index contributed by atoms with van der Waals surface area (Å²) in [5.41, 5.74) is 1.10. The fraction of sp³-hybridized carbons (Fsp3) is 0.364. The highest BCUT2D eigenvalue weighted by molar-refractivity contribution is 7.11. The average Bonchev–Trinajstić information content (AvgIpc) is 3.47. The molecule has 3 aliphatic rings. The highest BCUT2D eigenvalue weighted by Gasteiger charge is 2.52. The molecule has 0 amide bonds. The van der Waals surface area contributed by atoms with E-state index in [4.69, 9.17) is 26.1 Å². The van der Waals surface area contributed by atoms with Crippen LogP contribution in [-0.2, 0) is 19.1 Å². The largest absolute Gasteiger partial charge is 0.465 e. The Morgan fingerprint density at radius 1 is 1.44 bits per heavy atom. The van der Waals surface area contributed by atoms with Crippen molar-refractivity contribution in [3.05, 3.63) is 62.5 Å². The second-order valence-electron chi connectivity index (χ2n) is 8.04. The molecule has 32 heavy (non-hydrogen) atoms. The van der Waals surface area contributed by atoms with Crippen molar-refractivity contribution in [1.29, 1.82) is 0 Å². The second-order valence-corrected chi connectivity index (χ2v) is 9.34. The molecule has 1 aromatic heterocycles. The SMILES string of the molecule is CCOC(=O)C1=C2C[C@@]3(COC(=O)C3)CN2C(c2nccs2)=N[C@H]1c1ccc(F)cc1Cl. The minimum absolute atomic E-state index is 0.167. The third-order valence-corrected chi connectivity index (χ3v) is 6.98. The molecule has 0 unspecified atom stereocenters. The quantitative estimate of drug-likeness (QED) is 0.624. The minimum atomic E-state index is -0.791. The normalized spacial score (nSPS) is 24.6. The molecule has 2 aromatic rings. The lowest BCUT2D eigenvalue weighted by Gasteiger charge is -2.32. The Labute approximate surface area is 192 Å². The number of ether oxygens (including phenoxy) is 2. The van der Waals surface area contributed by atoms with Crippen LogP contribution < -0.4 is 0 Å². The number of thiazole rings is 1. The summed E-state index contributed by atoms with van der Waals surface area (Å²) >= 11 is 7.81. The number of benzene rings is 1. The van der Waals surface area contributed by atoms with Crippen LogP contribution in [0.4, 0.5) is 4.39 Å². The molecule has 166 valence electrons. The lowest BCUT2D eigenvalue weighted by Crippen LogP contribution is -2.37. The standard InChI is InChI=1S/C22H19ClFN3O4S/c1-2-30-21(29)17-15-8-22(9-16(28)31-11-22)10-27(15)19(20-25-5-6-32-20)26-18(17)13-4-3-12(24)7-14(13)23/h3-7,18H,2,8-11H2,1H3/t18-,22-/m0/s1. The van der Waals surface area contributed by atoms with Crippen molar-refractivity contribution in [2.24, 2.45) is 10.4 Å². The minimum Gasteiger partial charge on any atom is -0.465 e. The average molecular weight is 476 g/mol. The van der Waals surface area contributed by atoms with Crippen LogP contribution >= 0.6 is 22.9 Å². The van der Waals surface area contributed by atoms with Crippen LogP contribution in [0.3, 0.4) is 0 Å². The fourth-order valence-corrected chi connectivity index (χ4v) is 5.45. The molecule has 4 heterocycles. The van der Waals surface area contributed by atoms with E-state index in [0.29, 0.717) is 40.6 Å². The van der Waals surface area contributed by atoms with Gasteiger partial charge >= 0.3 is 11.9 Å². The van der Waals surface area contributed by atoms with Gasteiger partial charge in [-0.2, -0.15) is 0 Å². The van der Waals surface area contributed by atoms with Crippen LogP contribution in [0.2, 0.25) is 5.02 Å². The Hall–Kier alpha value is -2.78. The Morgan fingerprint density at radius 3 is 2.94 bits per heavy atom. The van der Waals surface area contributed by atoms with Crippen LogP contribution in [0.5, 0.6) is 0 Å². The maximum absolute atomic E-state index is 13.8. The maximum atomic E-state index is 13.8. The van der Waals surface area contributed by atoms with E-state index in [0.717, 1.165) is 0 Å². The number of aliphatic imine (C=N–C) groups is 1. The number of allylic oxidation sites excluding steroid dienone is 1. The number of esters is 2. The number of fused-ring (bicyclic) bond motifs is 1. The van der Waals surface area contributed by atoms with Crippen LogP contribution in [0.15, 0.2) is 46.0 Å². The summed E-state index contributed by atoms with van der Waals surface area (Å²) in [5, 5.41) is 2.69. The first-order valence-electron chi connectivity index (χ1n) is 10.2. The highest BCUT2D eigenvalue weighted by atomic mass is 35.5. The molecule has 1 aromatic carbocycles. The predicted molar refractivity (Wildman–Crippen MR) is 116 cm³/mol. The van der Waals surface area contributed by atoms with Crippen molar-refractivity contribution in [3.8, 4) is 0 Å². The second kappa shape index (κ2) is 7.97. The van der Waals surface area contributed by atoms with E-state index in [1.807, 2.05) is 10.3 Å². The molecule has 2 atom stereocenters. The van der Waals surface area contributed by atoms with Crippen LogP contribution in [0, 0.1) is 11.2 Å². The van der Waals surface area contributed by atoms with E-state index in [-0.39, 0.29) is 30.6 Å². The van der Waals surface area contributed by atoms with Gasteiger partial charge in [0.15, 0.2) is 10.8 Å². The summed E-state index contributed by atoms with van der Waals surface area (Å²) in [6, 6.07) is 3.24. The van der Waals surface area contributed by atoms with E-state index in [1.165, 1.54) is 29.5 Å². The Morgan fingerprint density at radius 2 is 2.28 bits per heavy atom. The summed E-state index contributed by atoms with van der Waals surface area (Å²) in [5.74, 6) is -0.659. The lowest BCUT2D eigenvalue weighted by atomic mass is 9.84. The zero-order valence-corrected chi connectivity index (χ0v) is 18.7. The number of aromatic nitrogens is 1. The van der Waals surface area contributed by atoms with Crippen molar-refractivity contribution in [2.75, 3.05) is 19.8 Å². The van der Waals surface area contributed by atoms with Crippen LogP contribution in [0.25, 0.3) is 0 Å². The number of halogens is 2. The molecule has 5 rings (SSSR count). The molecule has 2 saturated heterocycles. The molecule has 0 bridgehead atoms. The van der Waals surface area contributed by atoms with Gasteiger partial charge in [0, 0.05) is 39.8 Å². The number of amidine groups is 1. The number of hydrogen-bond acceptors (Lipinski definition) is 8. The van der Waals surface area contributed by atoms with Crippen molar-refractivity contribution < 1.29 is 23.5 Å². The summed E-state index contributed by atoms with van der Waals surface area (Å²) in [6.07, 6.45) is 2.39. The van der Waals surface area contributed by atoms with E-state index in [1.54, 1.807) is 13.1 Å². The van der Waals surface area contributed by atoms with E-state index < -0.39 is 23.2 Å². The first-order chi connectivity index (χ1) is 15.4. The third kappa shape index (κ3) is 3.49. The van der Waals surface area contributed by atoms with Crippen LogP contribution in [-0.4, -0.2) is 47.4 Å². The van der Waals surface area contributed by atoms with Gasteiger partial charge in [-0.3, -0.25) is 9.79 Å². The van der Waals surface area contributed by atoms with E-state index >= 15 is 0 Å². The summed E-state index contributed by atoms with van der Waals surface area (Å²) < 4.78 is 24.4. The Bertz CT molecular complexity index is 1170. The molecule has 1 spiro atoms. The summed E-state index contributed by atoms with van der Waals surface area (Å²) in [4.78, 5) is 36.4. The van der Waals surface area contributed by atoms with Crippen LogP contribution in [0.1, 0.15) is 36.4 Å². The monoisotopic (exact) mass is 475 g/mol. The zero-order chi connectivity index (χ0) is 22.5. The fourth-order valence-electron chi connectivity index (χ4n) is 4.54. The van der Waals surface area contributed by atoms with Crippen molar-refractivity contribution in [1.82, 2.24) is 9.88 Å². The molecule has 0 radical (unpaired) electrons. The molecular formula is C22H19ClFN3O4S. The van der Waals surface area contributed by atoms with Gasteiger partial charge in [-0.25, -0.2) is 14.2 Å². The van der Waals surface area contributed by atoms with E-state index in [9.17, 15) is 14.0 Å². The third-order valence-electron chi connectivity index (χ3n) is 5.89. The maximum Gasteiger partial charge on any atom is 0.338 e. The zero-order valence-electron chi connectivity index (χ0n) is 17.1. The van der Waals surface area contributed by atoms with Gasteiger partial charge in [-0.1, -0.05) is 17.7 Å². The van der Waals surface area contributed by atoms with Gasteiger partial charge in [0.2, 0.25) is 0 Å². The number of carbonyl (C=O) groups is 2. The van der Waals surface area contributed by atoms with Gasteiger partial charge in [0.1, 0.15) is 11.9 Å². The number of hydrogen-bond donors (Lipinski definition) is 0. The van der Waals surface area contributed by atoms with Gasteiger partial charge < -0.3 is 14.4 Å². The highest BCUT2D eigenvalue weighted by Crippen LogP contribution is 2.50. The summed E-state index contributed by atoms with van der Waals surface area (Å²) in [7, 11) is 0. The van der Waals surface area contributed by atoms with Crippen molar-refractivity contribution in [3.63, 3.8) is 0 Å². The van der Waals surface area contributed by atoms with Gasteiger partial charge in [-0.15, -0.1) is 11.3 Å². The lowest BCUT2D eigenvalue weighted by molar-refractivity contribution is -0.139. The van der Waals surface area contributed by atoms with Gasteiger partial charge in [0.25, 0.3) is 0 Å². The van der Waals surface area contributed by atoms with Gasteiger partial charge in [-0.05, 0) is 25.5 Å². The molecule has 0 aliphatic carbocycles. The first kappa shape index (κ1) is 21.1. The molecule has 0 saturated carbocycles. The number of carbonyl (C=O) groups excluding carboxylic acids is 2.